The van der Waals surface area contributed by atoms with E-state index in [0.29, 0.717) is 43.1 Å². The standard InChI is InChI=1S/C19H19FN2O3/c1-13-6-7-14(20)12-16(13)18(23)21-17-5-3-2-4-15(17)19(24)22-8-10-25-11-9-22/h2-7,12H,8-11H2,1H3,(H,21,23). The number of morpholine rings is 1. The second-order valence-electron chi connectivity index (χ2n) is 5.86. The van der Waals surface area contributed by atoms with Crippen molar-refractivity contribution < 1.29 is 18.7 Å². The highest BCUT2D eigenvalue weighted by Crippen LogP contribution is 2.20. The maximum absolute atomic E-state index is 13.4. The quantitative estimate of drug-likeness (QED) is 0.933. The first-order chi connectivity index (χ1) is 12.1. The van der Waals surface area contributed by atoms with Crippen molar-refractivity contribution in [2.45, 2.75) is 6.92 Å². The van der Waals surface area contributed by atoms with Gasteiger partial charge in [0.1, 0.15) is 5.82 Å². The average Bonchev–Trinajstić information content (AvgIpc) is 2.64. The number of rotatable bonds is 3. The molecule has 1 aliphatic heterocycles. The Morgan fingerprint density at radius 1 is 1.08 bits per heavy atom. The monoisotopic (exact) mass is 342 g/mol. The Kier molecular flexibility index (Phi) is 5.09. The third-order valence-electron chi connectivity index (χ3n) is 4.15. The van der Waals surface area contributed by atoms with Crippen LogP contribution in [0.5, 0.6) is 0 Å². The first-order valence-corrected chi connectivity index (χ1v) is 8.10. The highest BCUT2D eigenvalue weighted by molar-refractivity contribution is 6.09. The molecule has 0 atom stereocenters. The van der Waals surface area contributed by atoms with Gasteiger partial charge >= 0.3 is 0 Å². The molecule has 1 aliphatic rings. The maximum Gasteiger partial charge on any atom is 0.256 e. The number of ether oxygens (including phenoxy) is 1. The smallest absolute Gasteiger partial charge is 0.256 e. The van der Waals surface area contributed by atoms with Crippen molar-refractivity contribution >= 4 is 17.5 Å². The summed E-state index contributed by atoms with van der Waals surface area (Å²) in [5, 5.41) is 2.73. The SMILES string of the molecule is Cc1ccc(F)cc1C(=O)Nc1ccccc1C(=O)N1CCOCC1. The van der Waals surface area contributed by atoms with E-state index >= 15 is 0 Å². The molecule has 6 heteroatoms. The zero-order valence-corrected chi connectivity index (χ0v) is 13.9. The van der Waals surface area contributed by atoms with Crippen LogP contribution in [0.2, 0.25) is 0 Å². The Hall–Kier alpha value is -2.73. The van der Waals surface area contributed by atoms with E-state index in [1.54, 1.807) is 42.2 Å². The number of carbonyl (C=O) groups is 2. The van der Waals surface area contributed by atoms with Gasteiger partial charge in [0.2, 0.25) is 0 Å². The molecular weight excluding hydrogens is 323 g/mol. The molecule has 5 nitrogen and oxygen atoms in total. The molecule has 0 unspecified atom stereocenters. The number of carbonyl (C=O) groups excluding carboxylic acids is 2. The molecule has 0 aliphatic carbocycles. The van der Waals surface area contributed by atoms with E-state index in [1.165, 1.54) is 12.1 Å². The number of nitrogens with zero attached hydrogens (tertiary/aromatic N) is 1. The number of benzene rings is 2. The number of anilines is 1. The molecule has 2 aromatic rings. The van der Waals surface area contributed by atoms with Crippen molar-refractivity contribution in [1.82, 2.24) is 4.90 Å². The van der Waals surface area contributed by atoms with Crippen LogP contribution in [0.3, 0.4) is 0 Å². The predicted molar refractivity (Wildman–Crippen MR) is 92.3 cm³/mol. The fourth-order valence-electron chi connectivity index (χ4n) is 2.74. The summed E-state index contributed by atoms with van der Waals surface area (Å²) in [5.41, 5.74) is 1.73. The number of hydrogen-bond donors (Lipinski definition) is 1. The summed E-state index contributed by atoms with van der Waals surface area (Å²) in [4.78, 5) is 26.9. The highest BCUT2D eigenvalue weighted by Gasteiger charge is 2.22. The number of hydrogen-bond acceptors (Lipinski definition) is 3. The molecular formula is C19H19FN2O3. The summed E-state index contributed by atoms with van der Waals surface area (Å²) in [5.74, 6) is -1.08. The van der Waals surface area contributed by atoms with E-state index in [2.05, 4.69) is 5.32 Å². The fraction of sp³-hybridized carbons (Fsp3) is 0.263. The van der Waals surface area contributed by atoms with E-state index in [9.17, 15) is 14.0 Å². The van der Waals surface area contributed by atoms with Crippen LogP contribution in [-0.2, 0) is 4.74 Å². The molecule has 0 radical (unpaired) electrons. The number of halogens is 1. The summed E-state index contributed by atoms with van der Waals surface area (Å²) in [7, 11) is 0. The lowest BCUT2D eigenvalue weighted by Crippen LogP contribution is -2.41. The lowest BCUT2D eigenvalue weighted by atomic mass is 10.1. The largest absolute Gasteiger partial charge is 0.378 e. The summed E-state index contributed by atoms with van der Waals surface area (Å²) in [6, 6.07) is 10.9. The Morgan fingerprint density at radius 3 is 2.56 bits per heavy atom. The molecule has 1 heterocycles. The van der Waals surface area contributed by atoms with Crippen LogP contribution < -0.4 is 5.32 Å². The maximum atomic E-state index is 13.4. The van der Waals surface area contributed by atoms with Gasteiger partial charge in [0.05, 0.1) is 24.5 Å². The van der Waals surface area contributed by atoms with Gasteiger partial charge in [-0.15, -0.1) is 0 Å². The Bertz CT molecular complexity index is 801. The second-order valence-corrected chi connectivity index (χ2v) is 5.86. The van der Waals surface area contributed by atoms with E-state index < -0.39 is 11.7 Å². The molecule has 1 fully saturated rings. The van der Waals surface area contributed by atoms with E-state index in [4.69, 9.17) is 4.74 Å². The molecule has 0 aromatic heterocycles. The first-order valence-electron chi connectivity index (χ1n) is 8.10. The van der Waals surface area contributed by atoms with E-state index in [-0.39, 0.29) is 11.5 Å². The number of aryl methyl sites for hydroxylation is 1. The van der Waals surface area contributed by atoms with Crippen molar-refractivity contribution in [3.8, 4) is 0 Å². The van der Waals surface area contributed by atoms with Crippen LogP contribution in [0.4, 0.5) is 10.1 Å². The van der Waals surface area contributed by atoms with Gasteiger partial charge < -0.3 is 15.0 Å². The fourth-order valence-corrected chi connectivity index (χ4v) is 2.74. The molecule has 1 N–H and O–H groups in total. The van der Waals surface area contributed by atoms with Crippen molar-refractivity contribution in [1.29, 1.82) is 0 Å². The molecule has 0 saturated carbocycles. The Labute approximate surface area is 145 Å². The number of nitrogens with one attached hydrogen (secondary N) is 1. The lowest BCUT2D eigenvalue weighted by Gasteiger charge is -2.27. The van der Waals surface area contributed by atoms with E-state index in [1.807, 2.05) is 0 Å². The Morgan fingerprint density at radius 2 is 1.80 bits per heavy atom. The van der Waals surface area contributed by atoms with Crippen molar-refractivity contribution in [2.75, 3.05) is 31.6 Å². The normalized spacial score (nSPS) is 14.2. The topological polar surface area (TPSA) is 58.6 Å². The zero-order valence-electron chi connectivity index (χ0n) is 13.9. The summed E-state index contributed by atoms with van der Waals surface area (Å²) in [6.45, 7) is 3.78. The van der Waals surface area contributed by atoms with Gasteiger partial charge in [0.25, 0.3) is 11.8 Å². The van der Waals surface area contributed by atoms with Gasteiger partial charge in [0, 0.05) is 18.7 Å². The lowest BCUT2D eigenvalue weighted by molar-refractivity contribution is 0.0303. The number of amides is 2. The zero-order chi connectivity index (χ0) is 17.8. The van der Waals surface area contributed by atoms with Crippen LogP contribution in [0.25, 0.3) is 0 Å². The minimum Gasteiger partial charge on any atom is -0.378 e. The second kappa shape index (κ2) is 7.44. The minimum absolute atomic E-state index is 0.157. The van der Waals surface area contributed by atoms with Gasteiger partial charge in [-0.1, -0.05) is 18.2 Å². The third kappa shape index (κ3) is 3.85. The summed E-state index contributed by atoms with van der Waals surface area (Å²) < 4.78 is 18.7. The van der Waals surface area contributed by atoms with Gasteiger partial charge in [0.15, 0.2) is 0 Å². The molecule has 130 valence electrons. The number of para-hydroxylation sites is 1. The van der Waals surface area contributed by atoms with E-state index in [0.717, 1.165) is 0 Å². The first kappa shape index (κ1) is 17.1. The summed E-state index contributed by atoms with van der Waals surface area (Å²) in [6.07, 6.45) is 0. The predicted octanol–water partition coefficient (Wildman–Crippen LogP) is 2.86. The summed E-state index contributed by atoms with van der Waals surface area (Å²) >= 11 is 0. The molecule has 3 rings (SSSR count). The van der Waals surface area contributed by atoms with Crippen molar-refractivity contribution in [2.24, 2.45) is 0 Å². The molecule has 0 bridgehead atoms. The highest BCUT2D eigenvalue weighted by atomic mass is 19.1. The Balaban J connectivity index is 1.84. The molecule has 1 saturated heterocycles. The molecule has 2 amide bonds. The van der Waals surface area contributed by atoms with Gasteiger partial charge in [-0.2, -0.15) is 0 Å². The minimum atomic E-state index is -0.478. The molecule has 25 heavy (non-hydrogen) atoms. The van der Waals surface area contributed by atoms with Gasteiger partial charge in [-0.3, -0.25) is 9.59 Å². The van der Waals surface area contributed by atoms with Gasteiger partial charge in [-0.05, 0) is 36.8 Å². The van der Waals surface area contributed by atoms with Crippen LogP contribution in [0.15, 0.2) is 42.5 Å². The van der Waals surface area contributed by atoms with Crippen LogP contribution in [-0.4, -0.2) is 43.0 Å². The van der Waals surface area contributed by atoms with Crippen molar-refractivity contribution in [3.63, 3.8) is 0 Å². The van der Waals surface area contributed by atoms with Crippen molar-refractivity contribution in [3.05, 3.63) is 65.0 Å². The molecule has 0 spiro atoms. The average molecular weight is 342 g/mol. The van der Waals surface area contributed by atoms with Crippen LogP contribution >= 0.6 is 0 Å². The third-order valence-corrected chi connectivity index (χ3v) is 4.15. The van der Waals surface area contributed by atoms with Gasteiger partial charge in [-0.25, -0.2) is 4.39 Å². The van der Waals surface area contributed by atoms with Crippen LogP contribution in [0.1, 0.15) is 26.3 Å². The molecule has 2 aromatic carbocycles. The van der Waals surface area contributed by atoms with Crippen LogP contribution in [0, 0.1) is 12.7 Å².